The molecule has 0 saturated carbocycles. The SMILES string of the molecule is CNC[C@@H]1CCCN(C(=O)c2ccc(N3CCCC3)c(F)c2)C1. The monoisotopic (exact) mass is 319 g/mol. The normalized spacial score (nSPS) is 21.7. The van der Waals surface area contributed by atoms with E-state index in [1.165, 1.54) is 6.07 Å². The Bertz CT molecular complexity index is 555. The van der Waals surface area contributed by atoms with Crippen molar-refractivity contribution in [3.8, 4) is 0 Å². The molecule has 1 N–H and O–H groups in total. The van der Waals surface area contributed by atoms with Crippen LogP contribution in [0.15, 0.2) is 18.2 Å². The van der Waals surface area contributed by atoms with Crippen LogP contribution in [0, 0.1) is 11.7 Å². The Hall–Kier alpha value is -1.62. The molecule has 5 heteroatoms. The fraction of sp³-hybridized carbons (Fsp3) is 0.611. The lowest BCUT2D eigenvalue weighted by Crippen LogP contribution is -2.42. The van der Waals surface area contributed by atoms with E-state index in [0.717, 1.165) is 58.4 Å². The number of hydrogen-bond donors (Lipinski definition) is 1. The molecule has 2 aliphatic rings. The zero-order chi connectivity index (χ0) is 16.2. The summed E-state index contributed by atoms with van der Waals surface area (Å²) in [4.78, 5) is 16.6. The van der Waals surface area contributed by atoms with Gasteiger partial charge < -0.3 is 15.1 Å². The zero-order valence-electron chi connectivity index (χ0n) is 13.9. The molecule has 0 aliphatic carbocycles. The Morgan fingerprint density at radius 2 is 2.04 bits per heavy atom. The third-order valence-electron chi connectivity index (χ3n) is 4.94. The summed E-state index contributed by atoms with van der Waals surface area (Å²) in [6.45, 7) is 4.26. The van der Waals surface area contributed by atoms with Gasteiger partial charge in [-0.1, -0.05) is 0 Å². The highest BCUT2D eigenvalue weighted by molar-refractivity contribution is 5.94. The van der Waals surface area contributed by atoms with Gasteiger partial charge in [-0.25, -0.2) is 4.39 Å². The largest absolute Gasteiger partial charge is 0.369 e. The molecule has 2 heterocycles. The third kappa shape index (κ3) is 3.66. The van der Waals surface area contributed by atoms with Crippen LogP contribution >= 0.6 is 0 Å². The van der Waals surface area contributed by atoms with Crippen LogP contribution in [0.25, 0.3) is 0 Å². The summed E-state index contributed by atoms with van der Waals surface area (Å²) < 4.78 is 14.4. The number of amides is 1. The first-order valence-electron chi connectivity index (χ1n) is 8.67. The van der Waals surface area contributed by atoms with Crippen molar-refractivity contribution in [3.05, 3.63) is 29.6 Å². The number of nitrogens with one attached hydrogen (secondary N) is 1. The highest BCUT2D eigenvalue weighted by atomic mass is 19.1. The molecule has 23 heavy (non-hydrogen) atoms. The topological polar surface area (TPSA) is 35.6 Å². The van der Waals surface area contributed by atoms with E-state index in [1.807, 2.05) is 11.9 Å². The standard InChI is InChI=1S/C18H26FN3O/c1-20-12-14-5-4-10-22(13-14)18(23)15-6-7-17(16(19)11-15)21-8-2-3-9-21/h6-7,11,14,20H,2-5,8-10,12-13H2,1H3/t14-/m0/s1. The fourth-order valence-electron chi connectivity index (χ4n) is 3.74. The van der Waals surface area contributed by atoms with Crippen LogP contribution in [0.3, 0.4) is 0 Å². The summed E-state index contributed by atoms with van der Waals surface area (Å²) in [5.41, 5.74) is 1.10. The number of likely N-dealkylation sites (tertiary alicyclic amines) is 1. The van der Waals surface area contributed by atoms with Crippen molar-refractivity contribution in [3.63, 3.8) is 0 Å². The van der Waals surface area contributed by atoms with E-state index < -0.39 is 0 Å². The molecule has 4 nitrogen and oxygen atoms in total. The third-order valence-corrected chi connectivity index (χ3v) is 4.94. The maximum atomic E-state index is 14.4. The summed E-state index contributed by atoms with van der Waals surface area (Å²) in [7, 11) is 1.94. The second-order valence-electron chi connectivity index (χ2n) is 6.68. The molecule has 0 spiro atoms. The molecule has 0 aromatic heterocycles. The average molecular weight is 319 g/mol. The van der Waals surface area contributed by atoms with Crippen molar-refractivity contribution in [1.29, 1.82) is 0 Å². The number of anilines is 1. The summed E-state index contributed by atoms with van der Waals surface area (Å²) in [5.74, 6) is 0.172. The number of carbonyl (C=O) groups excluding carboxylic acids is 1. The second-order valence-corrected chi connectivity index (χ2v) is 6.68. The van der Waals surface area contributed by atoms with Crippen molar-refractivity contribution in [1.82, 2.24) is 10.2 Å². The average Bonchev–Trinajstić information content (AvgIpc) is 3.09. The molecule has 2 aliphatic heterocycles. The highest BCUT2D eigenvalue weighted by Crippen LogP contribution is 2.25. The maximum absolute atomic E-state index is 14.4. The molecule has 126 valence electrons. The number of hydrogen-bond acceptors (Lipinski definition) is 3. The van der Waals surface area contributed by atoms with Crippen LogP contribution < -0.4 is 10.2 Å². The Kier molecular flexibility index (Phi) is 5.16. The Labute approximate surface area is 137 Å². The first-order valence-corrected chi connectivity index (χ1v) is 8.67. The van der Waals surface area contributed by atoms with E-state index in [2.05, 4.69) is 10.2 Å². The molecule has 1 aromatic rings. The number of halogens is 1. The van der Waals surface area contributed by atoms with Gasteiger partial charge in [0.2, 0.25) is 0 Å². The molecule has 0 bridgehead atoms. The molecule has 2 fully saturated rings. The minimum absolute atomic E-state index is 0.0438. The molecule has 0 unspecified atom stereocenters. The lowest BCUT2D eigenvalue weighted by Gasteiger charge is -2.33. The smallest absolute Gasteiger partial charge is 0.253 e. The summed E-state index contributed by atoms with van der Waals surface area (Å²) in [5, 5.41) is 3.18. The Balaban J connectivity index is 1.70. The highest BCUT2D eigenvalue weighted by Gasteiger charge is 2.25. The minimum Gasteiger partial charge on any atom is -0.369 e. The van der Waals surface area contributed by atoms with Gasteiger partial charge in [-0.15, -0.1) is 0 Å². The van der Waals surface area contributed by atoms with Gasteiger partial charge in [-0.2, -0.15) is 0 Å². The van der Waals surface area contributed by atoms with Crippen LogP contribution in [-0.2, 0) is 0 Å². The molecule has 2 saturated heterocycles. The van der Waals surface area contributed by atoms with E-state index in [4.69, 9.17) is 0 Å². The minimum atomic E-state index is -0.276. The summed E-state index contributed by atoms with van der Waals surface area (Å²) in [6, 6.07) is 4.96. The van der Waals surface area contributed by atoms with Crippen molar-refractivity contribution in [2.24, 2.45) is 5.92 Å². The molecule has 1 atom stereocenters. The Morgan fingerprint density at radius 1 is 1.26 bits per heavy atom. The van der Waals surface area contributed by atoms with Crippen LogP contribution in [0.2, 0.25) is 0 Å². The van der Waals surface area contributed by atoms with E-state index in [1.54, 1.807) is 12.1 Å². The van der Waals surface area contributed by atoms with Gasteiger partial charge in [0.1, 0.15) is 5.82 Å². The molecular weight excluding hydrogens is 293 g/mol. The van der Waals surface area contributed by atoms with Gasteiger partial charge in [0.25, 0.3) is 5.91 Å². The number of benzene rings is 1. The predicted molar refractivity (Wildman–Crippen MR) is 90.4 cm³/mol. The lowest BCUT2D eigenvalue weighted by atomic mass is 9.97. The Morgan fingerprint density at radius 3 is 2.74 bits per heavy atom. The quantitative estimate of drug-likeness (QED) is 0.926. The zero-order valence-corrected chi connectivity index (χ0v) is 13.9. The van der Waals surface area contributed by atoms with Gasteiger partial charge in [-0.05, 0) is 63.4 Å². The second kappa shape index (κ2) is 7.30. The van der Waals surface area contributed by atoms with Crippen molar-refractivity contribution < 1.29 is 9.18 Å². The molecule has 0 radical (unpaired) electrons. The molecular formula is C18H26FN3O. The molecule has 1 aromatic carbocycles. The van der Waals surface area contributed by atoms with Crippen molar-refractivity contribution >= 4 is 11.6 Å². The number of piperidine rings is 1. The number of carbonyl (C=O) groups is 1. The number of rotatable bonds is 4. The first kappa shape index (κ1) is 16.2. The maximum Gasteiger partial charge on any atom is 0.253 e. The van der Waals surface area contributed by atoms with Crippen molar-refractivity contribution in [2.75, 3.05) is 44.7 Å². The van der Waals surface area contributed by atoms with Gasteiger partial charge in [0.05, 0.1) is 5.69 Å². The number of nitrogens with zero attached hydrogens (tertiary/aromatic N) is 2. The fourth-order valence-corrected chi connectivity index (χ4v) is 3.74. The molecule has 1 amide bonds. The van der Waals surface area contributed by atoms with Gasteiger partial charge >= 0.3 is 0 Å². The van der Waals surface area contributed by atoms with E-state index >= 15 is 0 Å². The van der Waals surface area contributed by atoms with E-state index in [-0.39, 0.29) is 11.7 Å². The van der Waals surface area contributed by atoms with Crippen LogP contribution in [-0.4, -0.2) is 50.6 Å². The lowest BCUT2D eigenvalue weighted by molar-refractivity contribution is 0.0674. The van der Waals surface area contributed by atoms with Crippen LogP contribution in [0.4, 0.5) is 10.1 Å². The first-order chi connectivity index (χ1) is 11.2. The van der Waals surface area contributed by atoms with Gasteiger partial charge in [0, 0.05) is 31.7 Å². The molecule has 3 rings (SSSR count). The van der Waals surface area contributed by atoms with Crippen LogP contribution in [0.5, 0.6) is 0 Å². The summed E-state index contributed by atoms with van der Waals surface area (Å²) >= 11 is 0. The van der Waals surface area contributed by atoms with Gasteiger partial charge in [0.15, 0.2) is 0 Å². The van der Waals surface area contributed by atoms with E-state index in [0.29, 0.717) is 17.2 Å². The van der Waals surface area contributed by atoms with E-state index in [9.17, 15) is 9.18 Å². The van der Waals surface area contributed by atoms with Crippen LogP contribution in [0.1, 0.15) is 36.0 Å². The predicted octanol–water partition coefficient (Wildman–Crippen LogP) is 2.50. The summed E-state index contributed by atoms with van der Waals surface area (Å²) in [6.07, 6.45) is 4.39. The van der Waals surface area contributed by atoms with Crippen molar-refractivity contribution in [2.45, 2.75) is 25.7 Å². The van der Waals surface area contributed by atoms with Gasteiger partial charge in [-0.3, -0.25) is 4.79 Å².